The van der Waals surface area contributed by atoms with E-state index >= 15 is 0 Å². The third-order valence-corrected chi connectivity index (χ3v) is 5.83. The lowest BCUT2D eigenvalue weighted by Gasteiger charge is -2.06. The van der Waals surface area contributed by atoms with Gasteiger partial charge in [-0.15, -0.1) is 11.3 Å². The molecule has 0 saturated heterocycles. The Morgan fingerprint density at radius 1 is 0.952 bits per heavy atom. The van der Waals surface area contributed by atoms with Crippen molar-refractivity contribution < 1.29 is 0 Å². The molecule has 0 aliphatic carbocycles. The molecule has 0 unspecified atom stereocenters. The highest BCUT2D eigenvalue weighted by Crippen LogP contribution is 2.41. The molecule has 1 aromatic heterocycles. The Morgan fingerprint density at radius 3 is 2.62 bits per heavy atom. The van der Waals surface area contributed by atoms with Crippen LogP contribution in [0.4, 0.5) is 0 Å². The van der Waals surface area contributed by atoms with Gasteiger partial charge in [-0.25, -0.2) is 0 Å². The number of rotatable bonds is 1. The van der Waals surface area contributed by atoms with E-state index in [1.54, 1.807) is 11.3 Å². The first-order valence-electron chi connectivity index (χ1n) is 6.68. The summed E-state index contributed by atoms with van der Waals surface area (Å²) in [5.41, 5.74) is 1.11. The molecule has 3 aromatic carbocycles. The first kappa shape index (κ1) is 12.8. The normalized spacial score (nSPS) is 11.2. The van der Waals surface area contributed by atoms with Crippen molar-refractivity contribution in [3.63, 3.8) is 0 Å². The maximum Gasteiger partial charge on any atom is 0.0753 e. The zero-order valence-corrected chi connectivity index (χ0v) is 13.5. The SMILES string of the molecule is N#CCc1c(Br)sc2ccc3c4ccccc4ccc3c12. The number of nitriles is 1. The number of halogens is 1. The van der Waals surface area contributed by atoms with Crippen LogP contribution in [0.25, 0.3) is 31.6 Å². The van der Waals surface area contributed by atoms with Gasteiger partial charge >= 0.3 is 0 Å². The Hall–Kier alpha value is -1.89. The van der Waals surface area contributed by atoms with E-state index in [0.717, 1.165) is 9.35 Å². The van der Waals surface area contributed by atoms with Gasteiger partial charge in [0.2, 0.25) is 0 Å². The highest BCUT2D eigenvalue weighted by Gasteiger charge is 2.13. The van der Waals surface area contributed by atoms with Crippen LogP contribution in [0.5, 0.6) is 0 Å². The number of hydrogen-bond donors (Lipinski definition) is 0. The van der Waals surface area contributed by atoms with Crippen LogP contribution in [0, 0.1) is 11.3 Å². The monoisotopic (exact) mass is 351 g/mol. The number of fused-ring (bicyclic) bond motifs is 5. The average Bonchev–Trinajstić information content (AvgIpc) is 2.83. The van der Waals surface area contributed by atoms with Gasteiger partial charge in [0.1, 0.15) is 0 Å². The molecule has 0 saturated carbocycles. The molecular weight excluding hydrogens is 342 g/mol. The van der Waals surface area contributed by atoms with Gasteiger partial charge < -0.3 is 0 Å². The molecule has 1 heterocycles. The minimum Gasteiger partial charge on any atom is -0.198 e. The molecule has 3 heteroatoms. The molecule has 21 heavy (non-hydrogen) atoms. The third-order valence-electron chi connectivity index (χ3n) is 3.88. The number of nitrogens with zero attached hydrogens (tertiary/aromatic N) is 1. The second-order valence-corrected chi connectivity index (χ2v) is 7.38. The minimum absolute atomic E-state index is 0.437. The molecule has 100 valence electrons. The van der Waals surface area contributed by atoms with Crippen molar-refractivity contribution in [1.82, 2.24) is 0 Å². The zero-order chi connectivity index (χ0) is 14.4. The highest BCUT2D eigenvalue weighted by atomic mass is 79.9. The summed E-state index contributed by atoms with van der Waals surface area (Å²) in [6, 6.07) is 19.4. The number of thiophene rings is 1. The molecule has 0 spiro atoms. The quantitative estimate of drug-likeness (QED) is 0.383. The third kappa shape index (κ3) is 1.87. The van der Waals surface area contributed by atoms with Gasteiger partial charge in [-0.3, -0.25) is 0 Å². The molecule has 0 fully saturated rings. The average molecular weight is 352 g/mol. The van der Waals surface area contributed by atoms with Crippen molar-refractivity contribution in [1.29, 1.82) is 5.26 Å². The van der Waals surface area contributed by atoms with E-state index in [2.05, 4.69) is 70.5 Å². The van der Waals surface area contributed by atoms with Gasteiger partial charge in [-0.1, -0.05) is 42.5 Å². The van der Waals surface area contributed by atoms with E-state index in [4.69, 9.17) is 5.26 Å². The Labute approximate surface area is 134 Å². The molecule has 4 aromatic rings. The van der Waals surface area contributed by atoms with E-state index in [1.165, 1.54) is 31.6 Å². The summed E-state index contributed by atoms with van der Waals surface area (Å²) in [6.07, 6.45) is 0.437. The van der Waals surface area contributed by atoms with E-state index in [9.17, 15) is 0 Å². The van der Waals surface area contributed by atoms with Crippen molar-refractivity contribution in [3.8, 4) is 6.07 Å². The fourth-order valence-corrected chi connectivity index (χ4v) is 4.78. The number of benzene rings is 3. The van der Waals surface area contributed by atoms with E-state index in [1.807, 2.05) is 0 Å². The predicted molar refractivity (Wildman–Crippen MR) is 93.9 cm³/mol. The molecule has 0 radical (unpaired) electrons. The van der Waals surface area contributed by atoms with Crippen LogP contribution < -0.4 is 0 Å². The standard InChI is InChI=1S/C18H10BrNS/c19-18-15(9-10-20)17-14-6-5-11-3-1-2-4-12(11)13(14)7-8-16(17)21-18/h1-8H,9H2. The van der Waals surface area contributed by atoms with E-state index in [0.29, 0.717) is 6.42 Å². The van der Waals surface area contributed by atoms with Gasteiger partial charge in [0.05, 0.1) is 16.3 Å². The predicted octanol–water partition coefficient (Wildman–Crippen LogP) is 6.04. The summed E-state index contributed by atoms with van der Waals surface area (Å²) in [4.78, 5) is 0. The van der Waals surface area contributed by atoms with Crippen LogP contribution in [-0.4, -0.2) is 0 Å². The summed E-state index contributed by atoms with van der Waals surface area (Å²) in [5, 5.41) is 15.3. The molecule has 0 bridgehead atoms. The fourth-order valence-electron chi connectivity index (χ4n) is 2.96. The molecule has 0 atom stereocenters. The first-order chi connectivity index (χ1) is 10.3. The van der Waals surface area contributed by atoms with Crippen LogP contribution >= 0.6 is 27.3 Å². The zero-order valence-electron chi connectivity index (χ0n) is 11.1. The summed E-state index contributed by atoms with van der Waals surface area (Å²) in [7, 11) is 0. The molecule has 4 rings (SSSR count). The molecule has 0 amide bonds. The lowest BCUT2D eigenvalue weighted by Crippen LogP contribution is -1.83. The van der Waals surface area contributed by atoms with Crippen molar-refractivity contribution in [2.75, 3.05) is 0 Å². The highest BCUT2D eigenvalue weighted by molar-refractivity contribution is 9.11. The molecule has 1 nitrogen and oxygen atoms in total. The lowest BCUT2D eigenvalue weighted by molar-refractivity contribution is 1.29. The number of hydrogen-bond acceptors (Lipinski definition) is 2. The molecular formula is C18H10BrNS. The smallest absolute Gasteiger partial charge is 0.0753 e. The van der Waals surface area contributed by atoms with Gasteiger partial charge in [0.25, 0.3) is 0 Å². The van der Waals surface area contributed by atoms with Crippen molar-refractivity contribution in [2.24, 2.45) is 0 Å². The molecule has 0 aliphatic heterocycles. The first-order valence-corrected chi connectivity index (χ1v) is 8.29. The largest absolute Gasteiger partial charge is 0.198 e. The summed E-state index contributed by atoms with van der Waals surface area (Å²) in [5.74, 6) is 0. The lowest BCUT2D eigenvalue weighted by atomic mass is 9.98. The Morgan fingerprint density at radius 2 is 1.76 bits per heavy atom. The second kappa shape index (κ2) is 4.84. The van der Waals surface area contributed by atoms with Gasteiger partial charge in [-0.2, -0.15) is 5.26 Å². The van der Waals surface area contributed by atoms with Crippen LogP contribution in [-0.2, 0) is 6.42 Å². The summed E-state index contributed by atoms with van der Waals surface area (Å²) >= 11 is 5.32. The second-order valence-electron chi connectivity index (χ2n) is 5.01. The van der Waals surface area contributed by atoms with Crippen LogP contribution in [0.15, 0.2) is 52.3 Å². The van der Waals surface area contributed by atoms with Gasteiger partial charge in [0.15, 0.2) is 0 Å². The molecule has 0 N–H and O–H groups in total. The Kier molecular flexibility index (Phi) is 2.95. The summed E-state index contributed by atoms with van der Waals surface area (Å²) < 4.78 is 2.30. The van der Waals surface area contributed by atoms with Crippen LogP contribution in [0.3, 0.4) is 0 Å². The topological polar surface area (TPSA) is 23.8 Å². The maximum atomic E-state index is 9.10. The maximum absolute atomic E-state index is 9.10. The van der Waals surface area contributed by atoms with Gasteiger partial charge in [-0.05, 0) is 49.1 Å². The van der Waals surface area contributed by atoms with Crippen LogP contribution in [0.1, 0.15) is 5.56 Å². The van der Waals surface area contributed by atoms with Crippen molar-refractivity contribution in [3.05, 3.63) is 57.9 Å². The Balaban J connectivity index is 2.24. The van der Waals surface area contributed by atoms with Gasteiger partial charge in [0, 0.05) is 10.1 Å². The fraction of sp³-hybridized carbons (Fsp3) is 0.0556. The van der Waals surface area contributed by atoms with E-state index < -0.39 is 0 Å². The minimum atomic E-state index is 0.437. The van der Waals surface area contributed by atoms with Crippen molar-refractivity contribution >= 4 is 58.9 Å². The Bertz CT molecular complexity index is 1040. The van der Waals surface area contributed by atoms with Crippen molar-refractivity contribution in [2.45, 2.75) is 6.42 Å². The molecule has 0 aliphatic rings. The summed E-state index contributed by atoms with van der Waals surface area (Å²) in [6.45, 7) is 0. The van der Waals surface area contributed by atoms with E-state index in [-0.39, 0.29) is 0 Å². The van der Waals surface area contributed by atoms with Crippen LogP contribution in [0.2, 0.25) is 0 Å².